The van der Waals surface area contributed by atoms with Gasteiger partial charge in [-0.3, -0.25) is 0 Å². The first-order chi connectivity index (χ1) is 10.1. The maximum Gasteiger partial charge on any atom is 0.260 e. The van der Waals surface area contributed by atoms with E-state index < -0.39 is 10.0 Å². The third kappa shape index (κ3) is 3.03. The van der Waals surface area contributed by atoms with E-state index in [1.165, 1.54) is 12.5 Å². The van der Waals surface area contributed by atoms with Gasteiger partial charge in [0.25, 0.3) is 10.0 Å². The van der Waals surface area contributed by atoms with Crippen LogP contribution in [0.15, 0.2) is 17.6 Å². The molecule has 0 bridgehead atoms. The Labute approximate surface area is 137 Å². The molecule has 3 heterocycles. The Hall–Kier alpha value is -0.670. The van der Waals surface area contributed by atoms with Crippen LogP contribution in [0.25, 0.3) is 0 Å². The zero-order chi connectivity index (χ0) is 14.9. The maximum atomic E-state index is 12.7. The first kappa shape index (κ1) is 17.7. The number of hydrogen-bond acceptors (Lipinski definition) is 5. The van der Waals surface area contributed by atoms with Crippen LogP contribution in [0.4, 0.5) is 0 Å². The third-order valence-electron chi connectivity index (χ3n) is 4.84. The van der Waals surface area contributed by atoms with Crippen molar-refractivity contribution in [1.29, 1.82) is 0 Å². The molecule has 1 spiro atoms. The number of imidazole rings is 1. The molecule has 1 aromatic rings. The minimum atomic E-state index is -3.48. The number of aromatic amines is 1. The van der Waals surface area contributed by atoms with Crippen LogP contribution < -0.4 is 5.32 Å². The number of methoxy groups -OCH3 is 1. The number of nitrogens with zero attached hydrogens (tertiary/aromatic N) is 2. The molecule has 2 N–H and O–H groups in total. The molecular weight excluding hydrogens is 328 g/mol. The first-order valence-electron chi connectivity index (χ1n) is 7.27. The van der Waals surface area contributed by atoms with Crippen molar-refractivity contribution < 1.29 is 13.2 Å². The highest BCUT2D eigenvalue weighted by Crippen LogP contribution is 2.44. The molecule has 3 rings (SSSR count). The number of aromatic nitrogens is 2. The lowest BCUT2D eigenvalue weighted by atomic mass is 9.71. The monoisotopic (exact) mass is 350 g/mol. The Morgan fingerprint density at radius 1 is 1.45 bits per heavy atom. The highest BCUT2D eigenvalue weighted by molar-refractivity contribution is 7.89. The number of piperidine rings is 1. The van der Waals surface area contributed by atoms with E-state index >= 15 is 0 Å². The largest absolute Gasteiger partial charge is 0.384 e. The molecule has 0 aromatic carbocycles. The van der Waals surface area contributed by atoms with Crippen molar-refractivity contribution in [2.45, 2.75) is 17.9 Å². The fourth-order valence-corrected chi connectivity index (χ4v) is 5.09. The fourth-order valence-electron chi connectivity index (χ4n) is 3.61. The normalized spacial score (nSPS) is 25.2. The van der Waals surface area contributed by atoms with Gasteiger partial charge in [0.1, 0.15) is 0 Å². The molecule has 0 amide bonds. The summed E-state index contributed by atoms with van der Waals surface area (Å²) in [6.45, 7) is 3.59. The molecule has 0 saturated carbocycles. The SMILES string of the molecule is COCC1CN(S(=O)(=O)c2cnc[nH]2)CC12CCNCC2.Cl. The molecule has 2 aliphatic rings. The van der Waals surface area contributed by atoms with Crippen molar-refractivity contribution in [3.8, 4) is 0 Å². The topological polar surface area (TPSA) is 87.3 Å². The molecule has 2 fully saturated rings. The van der Waals surface area contributed by atoms with Gasteiger partial charge in [-0.15, -0.1) is 12.4 Å². The van der Waals surface area contributed by atoms with Crippen LogP contribution in [0.5, 0.6) is 0 Å². The summed E-state index contributed by atoms with van der Waals surface area (Å²) in [7, 11) is -1.80. The minimum absolute atomic E-state index is 0. The third-order valence-corrected chi connectivity index (χ3v) is 6.58. The summed E-state index contributed by atoms with van der Waals surface area (Å²) < 4.78 is 32.3. The molecular formula is C13H23ClN4O3S. The van der Waals surface area contributed by atoms with E-state index in [4.69, 9.17) is 4.74 Å². The van der Waals surface area contributed by atoms with Gasteiger partial charge in [-0.1, -0.05) is 0 Å². The summed E-state index contributed by atoms with van der Waals surface area (Å²) in [6.07, 6.45) is 4.76. The van der Waals surface area contributed by atoms with Gasteiger partial charge in [-0.2, -0.15) is 4.31 Å². The minimum Gasteiger partial charge on any atom is -0.384 e. The summed E-state index contributed by atoms with van der Waals surface area (Å²) in [5.74, 6) is 0.252. The van der Waals surface area contributed by atoms with E-state index in [0.29, 0.717) is 19.7 Å². The highest BCUT2D eigenvalue weighted by atomic mass is 35.5. The Balaban J connectivity index is 0.00000176. The quantitative estimate of drug-likeness (QED) is 0.824. The Morgan fingerprint density at radius 3 is 2.77 bits per heavy atom. The summed E-state index contributed by atoms with van der Waals surface area (Å²) >= 11 is 0. The van der Waals surface area contributed by atoms with E-state index in [-0.39, 0.29) is 28.8 Å². The number of sulfonamides is 1. The first-order valence-corrected chi connectivity index (χ1v) is 8.71. The number of halogens is 1. The Morgan fingerprint density at radius 2 is 2.18 bits per heavy atom. The molecule has 9 heteroatoms. The highest BCUT2D eigenvalue weighted by Gasteiger charge is 2.50. The van der Waals surface area contributed by atoms with Gasteiger partial charge in [-0.05, 0) is 31.3 Å². The summed E-state index contributed by atoms with van der Waals surface area (Å²) in [6, 6.07) is 0. The van der Waals surface area contributed by atoms with Gasteiger partial charge >= 0.3 is 0 Å². The van der Waals surface area contributed by atoms with Crippen LogP contribution in [0, 0.1) is 11.3 Å². The van der Waals surface area contributed by atoms with Crippen LogP contribution in [0.1, 0.15) is 12.8 Å². The second kappa shape index (κ2) is 6.84. The molecule has 0 aliphatic carbocycles. The van der Waals surface area contributed by atoms with Crippen molar-refractivity contribution in [3.05, 3.63) is 12.5 Å². The molecule has 126 valence electrons. The molecule has 22 heavy (non-hydrogen) atoms. The second-order valence-electron chi connectivity index (χ2n) is 5.98. The molecule has 2 saturated heterocycles. The predicted octanol–water partition coefficient (Wildman–Crippen LogP) is 0.468. The van der Waals surface area contributed by atoms with Crippen LogP contribution >= 0.6 is 12.4 Å². The van der Waals surface area contributed by atoms with Crippen molar-refractivity contribution >= 4 is 22.4 Å². The van der Waals surface area contributed by atoms with Gasteiger partial charge < -0.3 is 15.0 Å². The van der Waals surface area contributed by atoms with Crippen molar-refractivity contribution in [2.24, 2.45) is 11.3 Å². The number of rotatable bonds is 4. The van der Waals surface area contributed by atoms with Gasteiger partial charge in [0.05, 0.1) is 19.1 Å². The molecule has 1 unspecified atom stereocenters. The van der Waals surface area contributed by atoms with Gasteiger partial charge in [0.15, 0.2) is 5.03 Å². The smallest absolute Gasteiger partial charge is 0.260 e. The van der Waals surface area contributed by atoms with E-state index in [0.717, 1.165) is 25.9 Å². The summed E-state index contributed by atoms with van der Waals surface area (Å²) in [4.78, 5) is 6.53. The van der Waals surface area contributed by atoms with Crippen molar-refractivity contribution in [2.75, 3.05) is 39.9 Å². The molecule has 0 radical (unpaired) electrons. The zero-order valence-corrected chi connectivity index (χ0v) is 14.3. The zero-order valence-electron chi connectivity index (χ0n) is 12.6. The van der Waals surface area contributed by atoms with E-state index in [1.54, 1.807) is 11.4 Å². The van der Waals surface area contributed by atoms with Gasteiger partial charge in [0.2, 0.25) is 0 Å². The number of ether oxygens (including phenoxy) is 1. The van der Waals surface area contributed by atoms with Crippen LogP contribution in [-0.4, -0.2) is 62.6 Å². The van der Waals surface area contributed by atoms with E-state index in [2.05, 4.69) is 15.3 Å². The van der Waals surface area contributed by atoms with Gasteiger partial charge in [-0.25, -0.2) is 13.4 Å². The van der Waals surface area contributed by atoms with Crippen LogP contribution in [0.2, 0.25) is 0 Å². The Kier molecular flexibility index (Phi) is 5.50. The number of nitrogens with one attached hydrogen (secondary N) is 2. The van der Waals surface area contributed by atoms with E-state index in [1.807, 2.05) is 0 Å². The fraction of sp³-hybridized carbons (Fsp3) is 0.769. The maximum absolute atomic E-state index is 12.7. The lowest BCUT2D eigenvalue weighted by Gasteiger charge is -2.38. The number of H-pyrrole nitrogens is 1. The van der Waals surface area contributed by atoms with Crippen LogP contribution in [0.3, 0.4) is 0 Å². The lowest BCUT2D eigenvalue weighted by molar-refractivity contribution is 0.0718. The standard InChI is InChI=1S/C13H22N4O3S.ClH/c1-20-8-11-7-17(9-13(11)2-4-14-5-3-13)21(18,19)12-6-15-10-16-12;/h6,10-11,14H,2-5,7-9H2,1H3,(H,15,16);1H. The van der Waals surface area contributed by atoms with E-state index in [9.17, 15) is 8.42 Å². The van der Waals surface area contributed by atoms with Crippen molar-refractivity contribution in [3.63, 3.8) is 0 Å². The number of hydrogen-bond donors (Lipinski definition) is 2. The molecule has 2 aliphatic heterocycles. The summed E-state index contributed by atoms with van der Waals surface area (Å²) in [5.41, 5.74) is 0.0361. The van der Waals surface area contributed by atoms with Gasteiger partial charge in [0, 0.05) is 26.1 Å². The molecule has 1 aromatic heterocycles. The average Bonchev–Trinajstić information content (AvgIpc) is 3.11. The lowest BCUT2D eigenvalue weighted by Crippen LogP contribution is -2.43. The Bertz CT molecular complexity index is 572. The molecule has 1 atom stereocenters. The van der Waals surface area contributed by atoms with Crippen molar-refractivity contribution in [1.82, 2.24) is 19.6 Å². The molecule has 7 nitrogen and oxygen atoms in total. The average molecular weight is 351 g/mol. The van der Waals surface area contributed by atoms with Crippen LogP contribution in [-0.2, 0) is 14.8 Å². The second-order valence-corrected chi connectivity index (χ2v) is 7.88. The predicted molar refractivity (Wildman–Crippen MR) is 84.5 cm³/mol. The summed E-state index contributed by atoms with van der Waals surface area (Å²) in [5, 5.41) is 3.53.